The van der Waals surface area contributed by atoms with E-state index in [0.29, 0.717) is 17.0 Å². The van der Waals surface area contributed by atoms with Crippen molar-refractivity contribution in [3.8, 4) is 11.4 Å². The standard InChI is InChI=1S/C26H24F3N3O3/c27-26(28,29)20-10-8-17(9-11-20)24-31-14-19(15-32-24)22-3-1-2-21(22)16-4-6-18(7-5-16)25(35)30-13-12-23(33)34/h4-11,14-15,21-22H,1-3,12-13H2,(H,30,35)(H,33,34). The van der Waals surface area contributed by atoms with Crippen LogP contribution in [-0.2, 0) is 11.0 Å². The number of carbonyl (C=O) groups is 2. The minimum Gasteiger partial charge on any atom is -0.481 e. The Hall–Kier alpha value is -3.75. The molecule has 35 heavy (non-hydrogen) atoms. The molecular weight excluding hydrogens is 459 g/mol. The topological polar surface area (TPSA) is 92.2 Å². The average molecular weight is 483 g/mol. The molecule has 1 aliphatic carbocycles. The van der Waals surface area contributed by atoms with Crippen LogP contribution in [0.15, 0.2) is 60.9 Å². The number of carboxylic acids is 1. The van der Waals surface area contributed by atoms with Gasteiger partial charge in [-0.25, -0.2) is 9.97 Å². The molecule has 4 rings (SSSR count). The first-order valence-corrected chi connectivity index (χ1v) is 11.3. The molecule has 0 spiro atoms. The van der Waals surface area contributed by atoms with Crippen molar-refractivity contribution in [3.63, 3.8) is 0 Å². The summed E-state index contributed by atoms with van der Waals surface area (Å²) in [5.74, 6) is -0.473. The highest BCUT2D eigenvalue weighted by Crippen LogP contribution is 2.45. The molecule has 0 radical (unpaired) electrons. The third-order valence-electron chi connectivity index (χ3n) is 6.31. The van der Waals surface area contributed by atoms with Crippen molar-refractivity contribution in [2.75, 3.05) is 6.54 Å². The molecule has 6 nitrogen and oxygen atoms in total. The molecule has 2 atom stereocenters. The summed E-state index contributed by atoms with van der Waals surface area (Å²) in [7, 11) is 0. The maximum atomic E-state index is 12.8. The minimum absolute atomic E-state index is 0.0725. The van der Waals surface area contributed by atoms with E-state index in [1.54, 1.807) is 24.5 Å². The first-order chi connectivity index (χ1) is 16.7. The van der Waals surface area contributed by atoms with Crippen molar-refractivity contribution in [3.05, 3.63) is 83.2 Å². The molecule has 1 saturated carbocycles. The molecule has 9 heteroatoms. The fourth-order valence-electron chi connectivity index (χ4n) is 4.51. The lowest BCUT2D eigenvalue weighted by molar-refractivity contribution is -0.138. The molecule has 0 aliphatic heterocycles. The van der Waals surface area contributed by atoms with Gasteiger partial charge >= 0.3 is 12.1 Å². The Morgan fingerprint density at radius 3 is 2.09 bits per heavy atom. The van der Waals surface area contributed by atoms with E-state index in [1.165, 1.54) is 12.1 Å². The van der Waals surface area contributed by atoms with Gasteiger partial charge in [0, 0.05) is 30.1 Å². The first kappa shape index (κ1) is 24.4. The summed E-state index contributed by atoms with van der Waals surface area (Å²) in [6.45, 7) is 0.0725. The number of aromatic nitrogens is 2. The Morgan fingerprint density at radius 2 is 1.51 bits per heavy atom. The van der Waals surface area contributed by atoms with Crippen molar-refractivity contribution >= 4 is 11.9 Å². The van der Waals surface area contributed by atoms with Gasteiger partial charge in [-0.3, -0.25) is 9.59 Å². The highest BCUT2D eigenvalue weighted by atomic mass is 19.4. The Morgan fingerprint density at radius 1 is 0.914 bits per heavy atom. The number of hydrogen-bond acceptors (Lipinski definition) is 4. The van der Waals surface area contributed by atoms with Gasteiger partial charge in [0.25, 0.3) is 5.91 Å². The van der Waals surface area contributed by atoms with Gasteiger partial charge in [0.15, 0.2) is 5.82 Å². The highest BCUT2D eigenvalue weighted by molar-refractivity contribution is 5.94. The summed E-state index contributed by atoms with van der Waals surface area (Å²) in [5, 5.41) is 11.3. The number of rotatable bonds is 7. The Balaban J connectivity index is 1.44. The second-order valence-corrected chi connectivity index (χ2v) is 8.58. The lowest BCUT2D eigenvalue weighted by Gasteiger charge is -2.20. The molecule has 1 aliphatic rings. The molecule has 0 bridgehead atoms. The molecule has 182 valence electrons. The summed E-state index contributed by atoms with van der Waals surface area (Å²) in [4.78, 5) is 31.6. The van der Waals surface area contributed by atoms with E-state index in [2.05, 4.69) is 15.3 Å². The quantitative estimate of drug-likeness (QED) is 0.468. The van der Waals surface area contributed by atoms with Crippen LogP contribution in [0.25, 0.3) is 11.4 Å². The van der Waals surface area contributed by atoms with Gasteiger partial charge in [0.1, 0.15) is 0 Å². The zero-order valence-electron chi connectivity index (χ0n) is 18.8. The number of hydrogen-bond donors (Lipinski definition) is 2. The molecule has 1 fully saturated rings. The smallest absolute Gasteiger partial charge is 0.416 e. The van der Waals surface area contributed by atoms with Gasteiger partial charge in [-0.2, -0.15) is 13.2 Å². The Labute approximate surface area is 200 Å². The number of alkyl halides is 3. The second kappa shape index (κ2) is 10.2. The molecule has 0 saturated heterocycles. The minimum atomic E-state index is -4.39. The van der Waals surface area contributed by atoms with Gasteiger partial charge < -0.3 is 10.4 Å². The monoisotopic (exact) mass is 483 g/mol. The van der Waals surface area contributed by atoms with E-state index in [-0.39, 0.29) is 30.7 Å². The number of carboxylic acid groups (broad SMARTS) is 1. The zero-order chi connectivity index (χ0) is 25.0. The van der Waals surface area contributed by atoms with Crippen molar-refractivity contribution in [2.24, 2.45) is 0 Å². The molecule has 1 aromatic heterocycles. The van der Waals surface area contributed by atoms with Gasteiger partial charge in [0.2, 0.25) is 0 Å². The summed E-state index contributed by atoms with van der Waals surface area (Å²) in [6, 6.07) is 12.1. The van der Waals surface area contributed by atoms with Crippen LogP contribution in [0.2, 0.25) is 0 Å². The molecule has 1 amide bonds. The van der Waals surface area contributed by atoms with Crippen molar-refractivity contribution in [1.29, 1.82) is 0 Å². The number of carbonyl (C=O) groups excluding carboxylic acids is 1. The maximum Gasteiger partial charge on any atom is 0.416 e. The van der Waals surface area contributed by atoms with Gasteiger partial charge in [-0.1, -0.05) is 30.7 Å². The zero-order valence-corrected chi connectivity index (χ0v) is 18.8. The average Bonchev–Trinajstić information content (AvgIpc) is 3.33. The fourth-order valence-corrected chi connectivity index (χ4v) is 4.51. The third kappa shape index (κ3) is 5.85. The maximum absolute atomic E-state index is 12.8. The number of halogens is 3. The van der Waals surface area contributed by atoms with Crippen LogP contribution in [0, 0.1) is 0 Å². The SMILES string of the molecule is O=C(O)CCNC(=O)c1ccc(C2CCCC2c2cnc(-c3ccc(C(F)(F)F)cc3)nc2)cc1. The van der Waals surface area contributed by atoms with E-state index in [0.717, 1.165) is 42.5 Å². The van der Waals surface area contributed by atoms with E-state index in [9.17, 15) is 22.8 Å². The number of nitrogens with zero attached hydrogens (tertiary/aromatic N) is 2. The second-order valence-electron chi connectivity index (χ2n) is 8.58. The largest absolute Gasteiger partial charge is 0.481 e. The van der Waals surface area contributed by atoms with Crippen LogP contribution in [0.3, 0.4) is 0 Å². The van der Waals surface area contributed by atoms with Crippen molar-refractivity contribution in [1.82, 2.24) is 15.3 Å². The molecule has 1 heterocycles. The lowest BCUT2D eigenvalue weighted by atomic mass is 9.85. The normalized spacial score (nSPS) is 17.8. The predicted molar refractivity (Wildman–Crippen MR) is 123 cm³/mol. The molecule has 3 aromatic rings. The number of benzene rings is 2. The third-order valence-corrected chi connectivity index (χ3v) is 6.31. The molecular formula is C26H24F3N3O3. The lowest BCUT2D eigenvalue weighted by Crippen LogP contribution is -2.25. The van der Waals surface area contributed by atoms with E-state index >= 15 is 0 Å². The van der Waals surface area contributed by atoms with Crippen LogP contribution < -0.4 is 5.32 Å². The predicted octanol–water partition coefficient (Wildman–Crippen LogP) is 5.42. The number of aliphatic carboxylic acids is 1. The summed E-state index contributed by atoms with van der Waals surface area (Å²) in [6.07, 6.45) is 1.95. The Bertz CT molecular complexity index is 1180. The van der Waals surface area contributed by atoms with Crippen LogP contribution in [0.5, 0.6) is 0 Å². The number of nitrogens with one attached hydrogen (secondary N) is 1. The van der Waals surface area contributed by atoms with E-state index in [1.807, 2.05) is 12.1 Å². The summed E-state index contributed by atoms with van der Waals surface area (Å²) >= 11 is 0. The van der Waals surface area contributed by atoms with Gasteiger partial charge in [-0.05, 0) is 60.1 Å². The molecule has 2 unspecified atom stereocenters. The van der Waals surface area contributed by atoms with Crippen molar-refractivity contribution in [2.45, 2.75) is 43.7 Å². The summed E-state index contributed by atoms with van der Waals surface area (Å²) in [5.41, 5.74) is 2.35. The van der Waals surface area contributed by atoms with Crippen LogP contribution in [0.4, 0.5) is 13.2 Å². The Kier molecular flexibility index (Phi) is 7.14. The fraction of sp³-hybridized carbons (Fsp3) is 0.308. The van der Waals surface area contributed by atoms with Gasteiger partial charge in [0.05, 0.1) is 12.0 Å². The van der Waals surface area contributed by atoms with Gasteiger partial charge in [-0.15, -0.1) is 0 Å². The number of amides is 1. The van der Waals surface area contributed by atoms with Crippen LogP contribution in [-0.4, -0.2) is 33.5 Å². The van der Waals surface area contributed by atoms with Crippen molar-refractivity contribution < 1.29 is 27.9 Å². The molecule has 2 aromatic carbocycles. The highest BCUT2D eigenvalue weighted by Gasteiger charge is 2.31. The van der Waals surface area contributed by atoms with E-state index < -0.39 is 17.7 Å². The first-order valence-electron chi connectivity index (χ1n) is 11.3. The van der Waals surface area contributed by atoms with Crippen LogP contribution >= 0.6 is 0 Å². The van der Waals surface area contributed by atoms with E-state index in [4.69, 9.17) is 5.11 Å². The summed E-state index contributed by atoms with van der Waals surface area (Å²) < 4.78 is 38.4. The van der Waals surface area contributed by atoms with Crippen LogP contribution in [0.1, 0.15) is 64.6 Å². The molecule has 2 N–H and O–H groups in total.